The van der Waals surface area contributed by atoms with Gasteiger partial charge in [-0.3, -0.25) is 0 Å². The maximum atomic E-state index is 11.7. The number of phenolic OH excluding ortho intramolecular Hbond substituents is 1. The monoisotopic (exact) mass is 284 g/mol. The number of hydrogen-bond donors (Lipinski definition) is 1. The molecule has 1 N–H and O–H groups in total. The highest BCUT2D eigenvalue weighted by atomic mass is 16.5. The van der Waals surface area contributed by atoms with E-state index in [0.717, 1.165) is 16.7 Å². The van der Waals surface area contributed by atoms with E-state index in [1.165, 1.54) is 7.11 Å². The number of ether oxygens (including phenoxy) is 2. The van der Waals surface area contributed by atoms with Gasteiger partial charge in [0.25, 0.3) is 0 Å². The molecule has 0 fully saturated rings. The fourth-order valence-electron chi connectivity index (χ4n) is 2.68. The Balaban J connectivity index is 2.26. The van der Waals surface area contributed by atoms with Crippen LogP contribution in [0, 0.1) is 0 Å². The first-order chi connectivity index (χ1) is 9.92. The van der Waals surface area contributed by atoms with Crippen LogP contribution in [0.5, 0.6) is 11.5 Å². The van der Waals surface area contributed by atoms with Gasteiger partial charge in [0.1, 0.15) is 17.1 Å². The van der Waals surface area contributed by atoms with Gasteiger partial charge < -0.3 is 14.6 Å². The summed E-state index contributed by atoms with van der Waals surface area (Å²) in [6.07, 6.45) is 0. The maximum Gasteiger partial charge on any atom is 0.337 e. The van der Waals surface area contributed by atoms with Crippen LogP contribution in [0.3, 0.4) is 0 Å². The van der Waals surface area contributed by atoms with Crippen molar-refractivity contribution in [2.45, 2.75) is 19.4 Å². The van der Waals surface area contributed by atoms with Gasteiger partial charge in [0.05, 0.1) is 12.7 Å². The highest BCUT2D eigenvalue weighted by Gasteiger charge is 2.33. The number of esters is 1. The van der Waals surface area contributed by atoms with Gasteiger partial charge in [-0.2, -0.15) is 0 Å². The number of carbonyl (C=O) groups is 1. The number of rotatable bonds is 1. The molecule has 0 radical (unpaired) electrons. The summed E-state index contributed by atoms with van der Waals surface area (Å²) in [7, 11) is 1.36. The Morgan fingerprint density at radius 3 is 2.62 bits per heavy atom. The molecule has 0 atom stereocenters. The van der Waals surface area contributed by atoms with Crippen LogP contribution in [-0.2, 0) is 10.3 Å². The Bertz CT molecular complexity index is 732. The smallest absolute Gasteiger partial charge is 0.337 e. The first kappa shape index (κ1) is 13.5. The first-order valence-electron chi connectivity index (χ1n) is 6.67. The predicted octanol–water partition coefficient (Wildman–Crippen LogP) is 3.47. The number of carbonyl (C=O) groups excluding carboxylic acids is 1. The van der Waals surface area contributed by atoms with Gasteiger partial charge in [-0.05, 0) is 49.7 Å². The second-order valence-electron chi connectivity index (χ2n) is 5.54. The Morgan fingerprint density at radius 2 is 1.90 bits per heavy atom. The highest BCUT2D eigenvalue weighted by molar-refractivity contribution is 5.92. The molecule has 108 valence electrons. The van der Waals surface area contributed by atoms with E-state index < -0.39 is 5.60 Å². The van der Waals surface area contributed by atoms with Crippen LogP contribution < -0.4 is 4.74 Å². The third-order valence-corrected chi connectivity index (χ3v) is 3.71. The van der Waals surface area contributed by atoms with Gasteiger partial charge in [-0.15, -0.1) is 0 Å². The van der Waals surface area contributed by atoms with Crippen molar-refractivity contribution >= 4 is 5.97 Å². The third-order valence-electron chi connectivity index (χ3n) is 3.71. The maximum absolute atomic E-state index is 11.7. The lowest BCUT2D eigenvalue weighted by atomic mass is 9.85. The van der Waals surface area contributed by atoms with Crippen molar-refractivity contribution in [2.75, 3.05) is 7.11 Å². The minimum Gasteiger partial charge on any atom is -0.508 e. The summed E-state index contributed by atoms with van der Waals surface area (Å²) in [5, 5.41) is 9.72. The summed E-state index contributed by atoms with van der Waals surface area (Å²) in [6.45, 7) is 3.94. The molecule has 1 aliphatic rings. The Morgan fingerprint density at radius 1 is 1.14 bits per heavy atom. The van der Waals surface area contributed by atoms with Crippen LogP contribution in [0.4, 0.5) is 0 Å². The van der Waals surface area contributed by atoms with E-state index in [9.17, 15) is 9.90 Å². The van der Waals surface area contributed by atoms with E-state index in [1.807, 2.05) is 19.9 Å². The second kappa shape index (κ2) is 4.52. The zero-order valence-corrected chi connectivity index (χ0v) is 12.1. The van der Waals surface area contributed by atoms with Crippen LogP contribution in [-0.4, -0.2) is 18.2 Å². The molecule has 21 heavy (non-hydrogen) atoms. The molecule has 4 nitrogen and oxygen atoms in total. The molecule has 0 bridgehead atoms. The first-order valence-corrected chi connectivity index (χ1v) is 6.67. The molecule has 0 aliphatic carbocycles. The van der Waals surface area contributed by atoms with E-state index >= 15 is 0 Å². The zero-order chi connectivity index (χ0) is 15.2. The minimum absolute atomic E-state index is 0.159. The summed E-state index contributed by atoms with van der Waals surface area (Å²) in [6, 6.07) is 10.3. The fourth-order valence-corrected chi connectivity index (χ4v) is 2.68. The SMILES string of the molecule is COC(=O)c1ccc2c(c1)-c1cc(O)ccc1OC2(C)C. The Labute approximate surface area is 122 Å². The van der Waals surface area contributed by atoms with Crippen molar-refractivity contribution in [3.05, 3.63) is 47.5 Å². The number of phenols is 1. The van der Waals surface area contributed by atoms with Crippen LogP contribution in [0.25, 0.3) is 11.1 Å². The summed E-state index contributed by atoms with van der Waals surface area (Å²) < 4.78 is 10.8. The van der Waals surface area contributed by atoms with E-state index in [-0.39, 0.29) is 11.7 Å². The van der Waals surface area contributed by atoms with Gasteiger partial charge in [-0.1, -0.05) is 6.07 Å². The van der Waals surface area contributed by atoms with Gasteiger partial charge >= 0.3 is 5.97 Å². The standard InChI is InChI=1S/C17H16O4/c1-17(2)14-6-4-10(16(19)20-3)8-12(14)13-9-11(18)5-7-15(13)21-17/h4-9,18H,1-3H3. The van der Waals surface area contributed by atoms with Crippen LogP contribution in [0.15, 0.2) is 36.4 Å². The number of fused-ring (bicyclic) bond motifs is 3. The van der Waals surface area contributed by atoms with Gasteiger partial charge in [0, 0.05) is 11.1 Å². The number of methoxy groups -OCH3 is 1. The third kappa shape index (κ3) is 2.13. The molecule has 2 aromatic rings. The van der Waals surface area contributed by atoms with Crippen LogP contribution >= 0.6 is 0 Å². The summed E-state index contributed by atoms with van der Waals surface area (Å²) >= 11 is 0. The number of hydrogen-bond acceptors (Lipinski definition) is 4. The van der Waals surface area contributed by atoms with E-state index in [1.54, 1.807) is 30.3 Å². The summed E-state index contributed by atoms with van der Waals surface area (Å²) in [5.74, 6) is 0.461. The summed E-state index contributed by atoms with van der Waals surface area (Å²) in [4.78, 5) is 11.7. The highest BCUT2D eigenvalue weighted by Crippen LogP contribution is 2.46. The van der Waals surface area contributed by atoms with Crippen molar-refractivity contribution in [2.24, 2.45) is 0 Å². The number of benzene rings is 2. The zero-order valence-electron chi connectivity index (χ0n) is 12.1. The molecule has 0 saturated carbocycles. The molecule has 2 aromatic carbocycles. The van der Waals surface area contributed by atoms with Gasteiger partial charge in [0.2, 0.25) is 0 Å². The lowest BCUT2D eigenvalue weighted by molar-refractivity contribution is 0.0600. The summed E-state index contributed by atoms with van der Waals surface area (Å²) in [5.41, 5.74) is 2.58. The molecule has 0 unspecified atom stereocenters. The lowest BCUT2D eigenvalue weighted by Crippen LogP contribution is -2.29. The van der Waals surface area contributed by atoms with E-state index in [0.29, 0.717) is 11.3 Å². The molecular weight excluding hydrogens is 268 g/mol. The van der Waals surface area contributed by atoms with Crippen molar-refractivity contribution < 1.29 is 19.4 Å². The molecular formula is C17H16O4. The Hall–Kier alpha value is -2.49. The number of aromatic hydroxyl groups is 1. The van der Waals surface area contributed by atoms with Gasteiger partial charge in [0.15, 0.2) is 0 Å². The van der Waals surface area contributed by atoms with Crippen molar-refractivity contribution in [1.82, 2.24) is 0 Å². The quantitative estimate of drug-likeness (QED) is 0.815. The molecule has 0 saturated heterocycles. The molecule has 0 spiro atoms. The average molecular weight is 284 g/mol. The minimum atomic E-state index is -0.506. The Kier molecular flexibility index (Phi) is 2.90. The molecule has 1 aliphatic heterocycles. The lowest BCUT2D eigenvalue weighted by Gasteiger charge is -2.35. The second-order valence-corrected chi connectivity index (χ2v) is 5.54. The van der Waals surface area contributed by atoms with Crippen molar-refractivity contribution in [1.29, 1.82) is 0 Å². The van der Waals surface area contributed by atoms with Crippen LogP contribution in [0.1, 0.15) is 29.8 Å². The normalized spacial score (nSPS) is 14.6. The van der Waals surface area contributed by atoms with Gasteiger partial charge in [-0.25, -0.2) is 4.79 Å². The average Bonchev–Trinajstić information content (AvgIpc) is 2.46. The predicted molar refractivity (Wildman–Crippen MR) is 78.5 cm³/mol. The fraction of sp³-hybridized carbons (Fsp3) is 0.235. The largest absolute Gasteiger partial charge is 0.508 e. The van der Waals surface area contributed by atoms with Crippen LogP contribution in [0.2, 0.25) is 0 Å². The van der Waals surface area contributed by atoms with Crippen molar-refractivity contribution in [3.8, 4) is 22.6 Å². The van der Waals surface area contributed by atoms with Crippen molar-refractivity contribution in [3.63, 3.8) is 0 Å². The molecule has 0 amide bonds. The van der Waals surface area contributed by atoms with E-state index in [4.69, 9.17) is 9.47 Å². The molecule has 4 heteroatoms. The van der Waals surface area contributed by atoms with E-state index in [2.05, 4.69) is 0 Å². The molecule has 3 rings (SSSR count). The topological polar surface area (TPSA) is 55.8 Å². The molecule has 1 heterocycles. The molecule has 0 aromatic heterocycles.